The molecule has 1 saturated carbocycles. The van der Waals surface area contributed by atoms with E-state index in [1.807, 2.05) is 0 Å². The molecule has 0 aromatic heterocycles. The smallest absolute Gasteiger partial charge is 0.244 e. The summed E-state index contributed by atoms with van der Waals surface area (Å²) in [5.74, 6) is -0.316. The van der Waals surface area contributed by atoms with Crippen LogP contribution in [0.4, 0.5) is 0 Å². The summed E-state index contributed by atoms with van der Waals surface area (Å²) in [5, 5.41) is 5.44. The van der Waals surface area contributed by atoms with Crippen molar-refractivity contribution in [2.45, 2.75) is 37.8 Å². The summed E-state index contributed by atoms with van der Waals surface area (Å²) in [6.07, 6.45) is 3.82. The molecule has 1 atom stereocenters. The van der Waals surface area contributed by atoms with Crippen molar-refractivity contribution in [2.24, 2.45) is 0 Å². The molecular weight excluding hydrogens is 156 g/mol. The molecule has 66 valence electrons. The molecule has 0 bridgehead atoms. The highest BCUT2D eigenvalue weighted by molar-refractivity contribution is 6.05. The van der Waals surface area contributed by atoms with Crippen LogP contribution in [0.3, 0.4) is 0 Å². The second kappa shape index (κ2) is 2.86. The highest BCUT2D eigenvalue weighted by Gasteiger charge is 2.33. The van der Waals surface area contributed by atoms with Gasteiger partial charge in [0.1, 0.15) is 0 Å². The fourth-order valence-corrected chi connectivity index (χ4v) is 1.55. The molecule has 1 unspecified atom stereocenters. The van der Waals surface area contributed by atoms with Crippen LogP contribution < -0.4 is 10.6 Å². The number of imide groups is 1. The normalized spacial score (nSPS) is 30.2. The van der Waals surface area contributed by atoms with Gasteiger partial charge in [-0.3, -0.25) is 14.9 Å². The molecule has 0 aromatic carbocycles. The summed E-state index contributed by atoms with van der Waals surface area (Å²) in [7, 11) is 0. The molecule has 12 heavy (non-hydrogen) atoms. The Bertz CT molecular complexity index is 223. The van der Waals surface area contributed by atoms with E-state index in [1.165, 1.54) is 6.42 Å². The Hall–Kier alpha value is -0.900. The predicted octanol–water partition coefficient (Wildman–Crippen LogP) is -0.456. The van der Waals surface area contributed by atoms with Crippen LogP contribution in [-0.4, -0.2) is 23.9 Å². The lowest BCUT2D eigenvalue weighted by molar-refractivity contribution is -0.125. The van der Waals surface area contributed by atoms with Crippen LogP contribution in [0.25, 0.3) is 0 Å². The SMILES string of the molecule is O=C1CC(NC2CCC2)C(=O)N1. The maximum Gasteiger partial charge on any atom is 0.244 e. The van der Waals surface area contributed by atoms with E-state index in [4.69, 9.17) is 0 Å². The monoisotopic (exact) mass is 168 g/mol. The van der Waals surface area contributed by atoms with Crippen LogP contribution in [0.5, 0.6) is 0 Å². The summed E-state index contributed by atoms with van der Waals surface area (Å²) in [6.45, 7) is 0. The maximum atomic E-state index is 11.1. The topological polar surface area (TPSA) is 58.2 Å². The van der Waals surface area contributed by atoms with Crippen LogP contribution in [0.15, 0.2) is 0 Å². The second-order valence-corrected chi connectivity index (χ2v) is 3.46. The Morgan fingerprint density at radius 2 is 2.08 bits per heavy atom. The van der Waals surface area contributed by atoms with E-state index in [2.05, 4.69) is 10.6 Å². The zero-order chi connectivity index (χ0) is 8.55. The van der Waals surface area contributed by atoms with Crippen LogP contribution in [0, 0.1) is 0 Å². The Kier molecular flexibility index (Phi) is 1.84. The quantitative estimate of drug-likeness (QED) is 0.549. The molecule has 0 aromatic rings. The third-order valence-electron chi connectivity index (χ3n) is 2.51. The van der Waals surface area contributed by atoms with Gasteiger partial charge in [0.25, 0.3) is 0 Å². The zero-order valence-electron chi connectivity index (χ0n) is 6.80. The standard InChI is InChI=1S/C8H12N2O2/c11-7-4-6(8(12)10-7)9-5-2-1-3-5/h5-6,9H,1-4H2,(H,10,11,12). The van der Waals surface area contributed by atoms with Crippen molar-refractivity contribution in [3.05, 3.63) is 0 Å². The average molecular weight is 168 g/mol. The number of hydrogen-bond donors (Lipinski definition) is 2. The first-order valence-corrected chi connectivity index (χ1v) is 4.35. The Morgan fingerprint density at radius 1 is 1.33 bits per heavy atom. The molecule has 4 nitrogen and oxygen atoms in total. The summed E-state index contributed by atoms with van der Waals surface area (Å²) < 4.78 is 0. The molecular formula is C8H12N2O2. The lowest BCUT2D eigenvalue weighted by Crippen LogP contribution is -2.45. The first-order valence-electron chi connectivity index (χ1n) is 4.35. The lowest BCUT2D eigenvalue weighted by Gasteiger charge is -2.28. The van der Waals surface area contributed by atoms with Gasteiger partial charge in [-0.1, -0.05) is 6.42 Å². The Morgan fingerprint density at radius 3 is 2.50 bits per heavy atom. The van der Waals surface area contributed by atoms with Crippen LogP contribution >= 0.6 is 0 Å². The lowest BCUT2D eigenvalue weighted by atomic mass is 9.92. The molecule has 0 radical (unpaired) electrons. The van der Waals surface area contributed by atoms with Crippen molar-refractivity contribution in [1.29, 1.82) is 0 Å². The fraction of sp³-hybridized carbons (Fsp3) is 0.750. The van der Waals surface area contributed by atoms with Crippen LogP contribution in [-0.2, 0) is 9.59 Å². The zero-order valence-corrected chi connectivity index (χ0v) is 6.80. The highest BCUT2D eigenvalue weighted by atomic mass is 16.2. The minimum Gasteiger partial charge on any atom is -0.303 e. The summed E-state index contributed by atoms with van der Waals surface area (Å²) in [4.78, 5) is 21.8. The maximum absolute atomic E-state index is 11.1. The van der Waals surface area contributed by atoms with Crippen molar-refractivity contribution in [3.63, 3.8) is 0 Å². The van der Waals surface area contributed by atoms with E-state index in [1.54, 1.807) is 0 Å². The third kappa shape index (κ3) is 1.34. The molecule has 1 saturated heterocycles. The van der Waals surface area contributed by atoms with Crippen LogP contribution in [0.1, 0.15) is 25.7 Å². The molecule has 1 aliphatic heterocycles. The number of hydrogen-bond acceptors (Lipinski definition) is 3. The Balaban J connectivity index is 1.86. The van der Waals surface area contributed by atoms with Gasteiger partial charge in [0.15, 0.2) is 0 Å². The van der Waals surface area contributed by atoms with Crippen LogP contribution in [0.2, 0.25) is 0 Å². The van der Waals surface area contributed by atoms with Gasteiger partial charge >= 0.3 is 0 Å². The van der Waals surface area contributed by atoms with Crippen molar-refractivity contribution < 1.29 is 9.59 Å². The number of amides is 2. The number of nitrogens with one attached hydrogen (secondary N) is 2. The molecule has 4 heteroatoms. The van der Waals surface area contributed by atoms with Crippen molar-refractivity contribution in [1.82, 2.24) is 10.6 Å². The van der Waals surface area contributed by atoms with E-state index in [9.17, 15) is 9.59 Å². The van der Waals surface area contributed by atoms with Crippen molar-refractivity contribution in [3.8, 4) is 0 Å². The third-order valence-corrected chi connectivity index (χ3v) is 2.51. The first-order chi connectivity index (χ1) is 5.75. The molecule has 2 rings (SSSR count). The first kappa shape index (κ1) is 7.73. The molecule has 0 spiro atoms. The van der Waals surface area contributed by atoms with Gasteiger partial charge in [-0.05, 0) is 12.8 Å². The van der Waals surface area contributed by atoms with E-state index in [-0.39, 0.29) is 17.9 Å². The average Bonchev–Trinajstić information content (AvgIpc) is 2.21. The minimum absolute atomic E-state index is 0.156. The van der Waals surface area contributed by atoms with Gasteiger partial charge < -0.3 is 5.32 Å². The van der Waals surface area contributed by atoms with Gasteiger partial charge in [-0.25, -0.2) is 0 Å². The largest absolute Gasteiger partial charge is 0.303 e. The molecule has 2 N–H and O–H groups in total. The van der Waals surface area contributed by atoms with Gasteiger partial charge in [-0.15, -0.1) is 0 Å². The molecule has 2 fully saturated rings. The number of carbonyl (C=O) groups excluding carboxylic acids is 2. The minimum atomic E-state index is -0.261. The Labute approximate surface area is 70.7 Å². The van der Waals surface area contributed by atoms with E-state index >= 15 is 0 Å². The van der Waals surface area contributed by atoms with E-state index in [0.29, 0.717) is 12.5 Å². The van der Waals surface area contributed by atoms with Gasteiger partial charge in [-0.2, -0.15) is 0 Å². The molecule has 2 amide bonds. The predicted molar refractivity (Wildman–Crippen MR) is 42.3 cm³/mol. The highest BCUT2D eigenvalue weighted by Crippen LogP contribution is 2.19. The van der Waals surface area contributed by atoms with Gasteiger partial charge in [0, 0.05) is 6.04 Å². The summed E-state index contributed by atoms with van der Waals surface area (Å²) in [6, 6.07) is 0.203. The van der Waals surface area contributed by atoms with E-state index < -0.39 is 0 Å². The second-order valence-electron chi connectivity index (χ2n) is 3.46. The summed E-state index contributed by atoms with van der Waals surface area (Å²) >= 11 is 0. The molecule has 2 aliphatic rings. The molecule has 1 aliphatic carbocycles. The molecule has 1 heterocycles. The number of carbonyl (C=O) groups is 2. The van der Waals surface area contributed by atoms with Gasteiger partial charge in [0.05, 0.1) is 12.5 Å². The van der Waals surface area contributed by atoms with Crippen molar-refractivity contribution in [2.75, 3.05) is 0 Å². The van der Waals surface area contributed by atoms with E-state index in [0.717, 1.165) is 12.8 Å². The summed E-state index contributed by atoms with van der Waals surface area (Å²) in [5.41, 5.74) is 0. The van der Waals surface area contributed by atoms with Crippen molar-refractivity contribution >= 4 is 11.8 Å². The fourth-order valence-electron chi connectivity index (χ4n) is 1.55. The number of rotatable bonds is 2. The van der Waals surface area contributed by atoms with Gasteiger partial charge in [0.2, 0.25) is 11.8 Å².